The summed E-state index contributed by atoms with van der Waals surface area (Å²) >= 11 is 0. The van der Waals surface area contributed by atoms with Gasteiger partial charge in [0.25, 0.3) is 0 Å². The summed E-state index contributed by atoms with van der Waals surface area (Å²) in [6, 6.07) is 0. The number of rotatable bonds is 8. The van der Waals surface area contributed by atoms with Crippen molar-refractivity contribution in [3.63, 3.8) is 0 Å². The Morgan fingerprint density at radius 1 is 1.29 bits per heavy atom. The molecular formula is C16H27FO4. The lowest BCUT2D eigenvalue weighted by Gasteiger charge is -2.29. The van der Waals surface area contributed by atoms with Crippen molar-refractivity contribution in [2.24, 2.45) is 17.3 Å². The zero-order chi connectivity index (χ0) is 16.3. The van der Waals surface area contributed by atoms with Crippen molar-refractivity contribution in [1.29, 1.82) is 0 Å². The number of carboxylic acids is 1. The van der Waals surface area contributed by atoms with Crippen LogP contribution in [-0.4, -0.2) is 29.3 Å². The first-order valence-corrected chi connectivity index (χ1v) is 7.60. The quantitative estimate of drug-likeness (QED) is 0.696. The monoisotopic (exact) mass is 302 g/mol. The first-order chi connectivity index (χ1) is 9.58. The van der Waals surface area contributed by atoms with Gasteiger partial charge in [-0.1, -0.05) is 6.92 Å². The second-order valence-corrected chi connectivity index (χ2v) is 7.43. The van der Waals surface area contributed by atoms with Gasteiger partial charge in [-0.25, -0.2) is 0 Å². The highest BCUT2D eigenvalue weighted by Gasteiger charge is 2.46. The molecule has 0 bridgehead atoms. The van der Waals surface area contributed by atoms with Gasteiger partial charge in [-0.15, -0.1) is 0 Å². The van der Waals surface area contributed by atoms with Crippen LogP contribution >= 0.6 is 0 Å². The minimum Gasteiger partial charge on any atom is -0.481 e. The number of alkyl halides is 1. The lowest BCUT2D eigenvalue weighted by atomic mass is 9.81. The van der Waals surface area contributed by atoms with Gasteiger partial charge in [-0.05, 0) is 58.3 Å². The Morgan fingerprint density at radius 2 is 1.86 bits per heavy atom. The van der Waals surface area contributed by atoms with Crippen LogP contribution in [0.15, 0.2) is 0 Å². The SMILES string of the molecule is CC1(C[C@H](C(=O)OC(C)(C)C)[C@@H](CCCF)C(=O)O)CC1. The fraction of sp³-hybridized carbons (Fsp3) is 0.875. The largest absolute Gasteiger partial charge is 0.481 e. The number of hydrogen-bond acceptors (Lipinski definition) is 3. The van der Waals surface area contributed by atoms with Crippen LogP contribution in [0.4, 0.5) is 4.39 Å². The summed E-state index contributed by atoms with van der Waals surface area (Å²) in [6.07, 6.45) is 2.84. The van der Waals surface area contributed by atoms with Gasteiger partial charge in [0.1, 0.15) is 5.60 Å². The molecule has 0 radical (unpaired) electrons. The number of carbonyl (C=O) groups is 2. The number of carboxylic acid groups (broad SMARTS) is 1. The second kappa shape index (κ2) is 6.75. The van der Waals surface area contributed by atoms with Crippen LogP contribution in [0.25, 0.3) is 0 Å². The van der Waals surface area contributed by atoms with Gasteiger partial charge in [-0.3, -0.25) is 14.0 Å². The van der Waals surface area contributed by atoms with Crippen LogP contribution in [0.3, 0.4) is 0 Å². The minimum absolute atomic E-state index is 0.0327. The Morgan fingerprint density at radius 3 is 2.24 bits per heavy atom. The first kappa shape index (κ1) is 17.9. The zero-order valence-electron chi connectivity index (χ0n) is 13.4. The standard InChI is InChI=1S/C16H27FO4/c1-15(2,3)21-14(20)12(10-16(4)7-8-16)11(13(18)19)6-5-9-17/h11-12H,5-10H2,1-4H3,(H,18,19)/t11-,12+/m1/s1. The third-order valence-electron chi connectivity index (χ3n) is 3.98. The maximum Gasteiger partial charge on any atom is 0.310 e. The number of hydrogen-bond donors (Lipinski definition) is 1. The molecule has 0 aromatic rings. The molecule has 0 aromatic carbocycles. The average molecular weight is 302 g/mol. The van der Waals surface area contributed by atoms with Crippen molar-refractivity contribution in [2.45, 2.75) is 65.4 Å². The van der Waals surface area contributed by atoms with Crippen molar-refractivity contribution < 1.29 is 23.8 Å². The molecule has 4 nitrogen and oxygen atoms in total. The summed E-state index contributed by atoms with van der Waals surface area (Å²) < 4.78 is 17.8. The molecule has 1 rings (SSSR count). The molecule has 1 fully saturated rings. The summed E-state index contributed by atoms with van der Waals surface area (Å²) in [7, 11) is 0. The summed E-state index contributed by atoms with van der Waals surface area (Å²) in [5.74, 6) is -3.07. The van der Waals surface area contributed by atoms with E-state index in [1.165, 1.54) is 0 Å². The van der Waals surface area contributed by atoms with Crippen LogP contribution in [0.1, 0.15) is 59.8 Å². The molecule has 0 heterocycles. The number of aliphatic carboxylic acids is 1. The third-order valence-corrected chi connectivity index (χ3v) is 3.98. The Balaban J connectivity index is 2.87. The van der Waals surface area contributed by atoms with Gasteiger partial charge in [0.05, 0.1) is 18.5 Å². The highest BCUT2D eigenvalue weighted by Crippen LogP contribution is 2.51. The maximum absolute atomic E-state index is 12.4. The maximum atomic E-state index is 12.4. The van der Waals surface area contributed by atoms with Crippen molar-refractivity contribution in [1.82, 2.24) is 0 Å². The normalized spacial score (nSPS) is 19.7. The Kier molecular flexibility index (Phi) is 5.76. The van der Waals surface area contributed by atoms with E-state index in [0.717, 1.165) is 12.8 Å². The summed E-state index contributed by atoms with van der Waals surface area (Å²) in [5.41, 5.74) is -0.617. The van der Waals surface area contributed by atoms with E-state index in [2.05, 4.69) is 6.92 Å². The molecule has 0 aliphatic heterocycles. The Labute approximate surface area is 126 Å². The molecule has 0 amide bonds. The van der Waals surface area contributed by atoms with E-state index in [4.69, 9.17) is 4.74 Å². The van der Waals surface area contributed by atoms with Gasteiger partial charge < -0.3 is 9.84 Å². The summed E-state index contributed by atoms with van der Waals surface area (Å²) in [6.45, 7) is 6.77. The molecule has 21 heavy (non-hydrogen) atoms. The fourth-order valence-corrected chi connectivity index (χ4v) is 2.51. The molecule has 1 aliphatic rings. The van der Waals surface area contributed by atoms with E-state index in [9.17, 15) is 19.1 Å². The van der Waals surface area contributed by atoms with Gasteiger partial charge in [-0.2, -0.15) is 0 Å². The van der Waals surface area contributed by atoms with E-state index in [0.29, 0.717) is 6.42 Å². The van der Waals surface area contributed by atoms with Crippen LogP contribution in [0.5, 0.6) is 0 Å². The molecule has 1 saturated carbocycles. The van der Waals surface area contributed by atoms with Gasteiger partial charge >= 0.3 is 11.9 Å². The lowest BCUT2D eigenvalue weighted by Crippen LogP contribution is -2.37. The predicted octanol–water partition coefficient (Wildman–Crippen LogP) is 3.59. The number of halogens is 1. The van der Waals surface area contributed by atoms with Crippen LogP contribution < -0.4 is 0 Å². The van der Waals surface area contributed by atoms with Crippen LogP contribution in [0.2, 0.25) is 0 Å². The zero-order valence-corrected chi connectivity index (χ0v) is 13.4. The molecule has 2 atom stereocenters. The third kappa shape index (κ3) is 6.02. The number of ether oxygens (including phenoxy) is 1. The molecule has 1 N–H and O–H groups in total. The van der Waals surface area contributed by atoms with Crippen molar-refractivity contribution in [3.05, 3.63) is 0 Å². The van der Waals surface area contributed by atoms with E-state index >= 15 is 0 Å². The van der Waals surface area contributed by atoms with Crippen molar-refractivity contribution >= 4 is 11.9 Å². The summed E-state index contributed by atoms with van der Waals surface area (Å²) in [4.78, 5) is 23.9. The second-order valence-electron chi connectivity index (χ2n) is 7.43. The minimum atomic E-state index is -1.04. The Bertz CT molecular complexity index is 382. The lowest BCUT2D eigenvalue weighted by molar-refractivity contribution is -0.168. The van der Waals surface area contributed by atoms with E-state index < -0.39 is 36.1 Å². The van der Waals surface area contributed by atoms with E-state index in [1.54, 1.807) is 20.8 Å². The summed E-state index contributed by atoms with van der Waals surface area (Å²) in [5, 5.41) is 9.40. The number of esters is 1. The highest BCUT2D eigenvalue weighted by atomic mass is 19.1. The number of carbonyl (C=O) groups excluding carboxylic acids is 1. The van der Waals surface area contributed by atoms with Crippen molar-refractivity contribution in [2.75, 3.05) is 6.67 Å². The molecule has 1 aliphatic carbocycles. The molecular weight excluding hydrogens is 275 g/mol. The van der Waals surface area contributed by atoms with Gasteiger partial charge in [0.2, 0.25) is 0 Å². The Hall–Kier alpha value is -1.13. The topological polar surface area (TPSA) is 63.6 Å². The molecule has 0 spiro atoms. The molecule has 0 saturated heterocycles. The molecule has 5 heteroatoms. The van der Waals surface area contributed by atoms with E-state index in [-0.39, 0.29) is 18.3 Å². The highest BCUT2D eigenvalue weighted by molar-refractivity contribution is 5.81. The predicted molar refractivity (Wildman–Crippen MR) is 77.6 cm³/mol. The first-order valence-electron chi connectivity index (χ1n) is 7.60. The smallest absolute Gasteiger partial charge is 0.310 e. The van der Waals surface area contributed by atoms with Crippen molar-refractivity contribution in [3.8, 4) is 0 Å². The molecule has 0 aromatic heterocycles. The van der Waals surface area contributed by atoms with E-state index in [1.807, 2.05) is 0 Å². The van der Waals surface area contributed by atoms with Gasteiger partial charge in [0.15, 0.2) is 0 Å². The molecule has 0 unspecified atom stereocenters. The van der Waals surface area contributed by atoms with Gasteiger partial charge in [0, 0.05) is 0 Å². The fourth-order valence-electron chi connectivity index (χ4n) is 2.51. The average Bonchev–Trinajstić information content (AvgIpc) is 3.03. The van der Waals surface area contributed by atoms with Crippen LogP contribution in [-0.2, 0) is 14.3 Å². The van der Waals surface area contributed by atoms with Crippen LogP contribution in [0, 0.1) is 17.3 Å². The molecule has 122 valence electrons.